The summed E-state index contributed by atoms with van der Waals surface area (Å²) in [5, 5.41) is 5.61. The van der Waals surface area contributed by atoms with Crippen molar-refractivity contribution in [1.29, 1.82) is 0 Å². The van der Waals surface area contributed by atoms with Gasteiger partial charge < -0.3 is 14.5 Å². The Balaban J connectivity index is 1.45. The number of hydrogen-bond acceptors (Lipinski definition) is 6. The Morgan fingerprint density at radius 2 is 1.78 bits per heavy atom. The van der Waals surface area contributed by atoms with Gasteiger partial charge in [-0.1, -0.05) is 32.0 Å². The third kappa shape index (κ3) is 4.63. The van der Waals surface area contributed by atoms with Crippen LogP contribution in [0.3, 0.4) is 0 Å². The first-order valence-corrected chi connectivity index (χ1v) is 12.6. The van der Waals surface area contributed by atoms with Crippen molar-refractivity contribution in [2.75, 3.05) is 38.2 Å². The minimum atomic E-state index is 0.0459. The summed E-state index contributed by atoms with van der Waals surface area (Å²) in [6.45, 7) is 7.16. The number of carbonyl (C=O) groups is 1. The van der Waals surface area contributed by atoms with Crippen molar-refractivity contribution >= 4 is 22.8 Å². The first-order chi connectivity index (χ1) is 17.6. The van der Waals surface area contributed by atoms with Crippen molar-refractivity contribution in [3.63, 3.8) is 0 Å². The van der Waals surface area contributed by atoms with Crippen molar-refractivity contribution < 1.29 is 9.53 Å². The van der Waals surface area contributed by atoms with Gasteiger partial charge in [0.25, 0.3) is 5.91 Å². The van der Waals surface area contributed by atoms with Crippen molar-refractivity contribution in [3.05, 3.63) is 72.2 Å². The molecule has 1 aliphatic rings. The molecule has 0 N–H and O–H groups in total. The number of amides is 1. The average molecular weight is 485 g/mol. The van der Waals surface area contributed by atoms with Gasteiger partial charge in [0.1, 0.15) is 17.4 Å². The molecule has 2 aromatic heterocycles. The van der Waals surface area contributed by atoms with Crippen LogP contribution in [0.4, 0.5) is 5.82 Å². The first-order valence-electron chi connectivity index (χ1n) is 12.6. The maximum Gasteiger partial charge on any atom is 0.253 e. The van der Waals surface area contributed by atoms with Crippen LogP contribution < -0.4 is 9.64 Å². The molecule has 0 radical (unpaired) electrons. The molecule has 2 aromatic carbocycles. The van der Waals surface area contributed by atoms with Crippen LogP contribution in [0.2, 0.25) is 0 Å². The van der Waals surface area contributed by atoms with Crippen LogP contribution in [0.5, 0.6) is 5.75 Å². The van der Waals surface area contributed by atoms with Gasteiger partial charge in [0.05, 0.1) is 24.4 Å². The summed E-state index contributed by atoms with van der Waals surface area (Å²) in [5.41, 5.74) is 2.47. The van der Waals surface area contributed by atoms with E-state index in [1.165, 1.54) is 0 Å². The van der Waals surface area contributed by atoms with Crippen LogP contribution in [0, 0.1) is 0 Å². The van der Waals surface area contributed by atoms with Gasteiger partial charge in [-0.05, 0) is 49.2 Å². The zero-order valence-corrected chi connectivity index (χ0v) is 21.1. The maximum atomic E-state index is 13.2. The molecule has 0 spiro atoms. The third-order valence-electron chi connectivity index (χ3n) is 6.90. The molecule has 3 heterocycles. The number of ether oxygens (including phenoxy) is 1. The Kier molecular flexibility index (Phi) is 6.84. The van der Waals surface area contributed by atoms with Crippen LogP contribution in [0.25, 0.3) is 16.7 Å². The Hall–Kier alpha value is -3.94. The molecule has 1 amide bonds. The van der Waals surface area contributed by atoms with E-state index in [1.807, 2.05) is 70.4 Å². The molecule has 1 atom stereocenters. The molecule has 36 heavy (non-hydrogen) atoms. The van der Waals surface area contributed by atoms with Crippen molar-refractivity contribution in [3.8, 4) is 11.4 Å². The summed E-state index contributed by atoms with van der Waals surface area (Å²) < 4.78 is 7.12. The number of nitrogens with zero attached hydrogens (tertiary/aromatic N) is 6. The molecule has 0 saturated carbocycles. The molecule has 8 nitrogen and oxygen atoms in total. The molecule has 1 unspecified atom stereocenters. The van der Waals surface area contributed by atoms with Crippen molar-refractivity contribution in [2.24, 2.45) is 0 Å². The van der Waals surface area contributed by atoms with Gasteiger partial charge in [0.2, 0.25) is 0 Å². The molecular formula is C28H32N6O2. The minimum Gasteiger partial charge on any atom is -0.497 e. The predicted molar refractivity (Wildman–Crippen MR) is 141 cm³/mol. The third-order valence-corrected chi connectivity index (χ3v) is 6.90. The van der Waals surface area contributed by atoms with E-state index in [9.17, 15) is 4.79 Å². The summed E-state index contributed by atoms with van der Waals surface area (Å²) in [4.78, 5) is 27.4. The average Bonchev–Trinajstić information content (AvgIpc) is 3.21. The number of benzene rings is 2. The molecule has 8 heteroatoms. The fourth-order valence-electron chi connectivity index (χ4n) is 4.56. The molecule has 4 aromatic rings. The lowest BCUT2D eigenvalue weighted by Crippen LogP contribution is -2.35. The quantitative estimate of drug-likeness (QED) is 0.395. The van der Waals surface area contributed by atoms with Gasteiger partial charge in [0, 0.05) is 37.7 Å². The van der Waals surface area contributed by atoms with E-state index in [0.717, 1.165) is 53.5 Å². The second kappa shape index (κ2) is 10.4. The second-order valence-electron chi connectivity index (χ2n) is 9.21. The number of rotatable bonds is 6. The van der Waals surface area contributed by atoms with Crippen molar-refractivity contribution in [1.82, 2.24) is 24.6 Å². The fourth-order valence-corrected chi connectivity index (χ4v) is 4.56. The smallest absolute Gasteiger partial charge is 0.253 e. The lowest BCUT2D eigenvalue weighted by Gasteiger charge is -2.24. The topological polar surface area (TPSA) is 76.4 Å². The standard InChI is InChI=1S/C28H32N6O2/c1-4-20(2)25-30-26(24-19-29-34(27(24)31-25)22-9-6-5-7-10-22)32-15-8-16-33(18-17-32)28(35)21-11-13-23(36-3)14-12-21/h5-7,9-14,19-20H,4,8,15-18H2,1-3H3. The fraction of sp³-hybridized carbons (Fsp3) is 0.357. The Morgan fingerprint density at radius 1 is 1.00 bits per heavy atom. The highest BCUT2D eigenvalue weighted by Crippen LogP contribution is 2.29. The van der Waals surface area contributed by atoms with Gasteiger partial charge >= 0.3 is 0 Å². The van der Waals surface area contributed by atoms with E-state index in [-0.39, 0.29) is 11.8 Å². The Bertz CT molecular complexity index is 1340. The second-order valence-corrected chi connectivity index (χ2v) is 9.21. The first kappa shape index (κ1) is 23.8. The normalized spacial score (nSPS) is 15.1. The summed E-state index contributed by atoms with van der Waals surface area (Å²) in [6.07, 6.45) is 3.68. The van der Waals surface area contributed by atoms with Crippen LogP contribution in [-0.4, -0.2) is 63.8 Å². The van der Waals surface area contributed by atoms with Crippen molar-refractivity contribution in [2.45, 2.75) is 32.6 Å². The van der Waals surface area contributed by atoms with E-state index >= 15 is 0 Å². The summed E-state index contributed by atoms with van der Waals surface area (Å²) in [7, 11) is 1.63. The zero-order valence-electron chi connectivity index (χ0n) is 21.1. The molecule has 1 saturated heterocycles. The summed E-state index contributed by atoms with van der Waals surface area (Å²) in [6, 6.07) is 17.4. The van der Waals surface area contributed by atoms with Gasteiger partial charge in [-0.25, -0.2) is 14.6 Å². The Morgan fingerprint density at radius 3 is 2.50 bits per heavy atom. The van der Waals surface area contributed by atoms with Crippen LogP contribution >= 0.6 is 0 Å². The number of carbonyl (C=O) groups excluding carboxylic acids is 1. The highest BCUT2D eigenvalue weighted by atomic mass is 16.5. The van der Waals surface area contributed by atoms with Crippen LogP contribution in [0.15, 0.2) is 60.8 Å². The highest BCUT2D eigenvalue weighted by Gasteiger charge is 2.25. The monoisotopic (exact) mass is 484 g/mol. The molecule has 186 valence electrons. The van der Waals surface area contributed by atoms with Crippen LogP contribution in [0.1, 0.15) is 48.8 Å². The Labute approximate surface area is 211 Å². The van der Waals surface area contributed by atoms with E-state index in [4.69, 9.17) is 14.7 Å². The van der Waals surface area contributed by atoms with Gasteiger partial charge in [-0.2, -0.15) is 5.10 Å². The molecule has 1 fully saturated rings. The van der Waals surface area contributed by atoms with Crippen LogP contribution in [-0.2, 0) is 0 Å². The van der Waals surface area contributed by atoms with E-state index in [1.54, 1.807) is 7.11 Å². The van der Waals surface area contributed by atoms with Gasteiger partial charge in [-0.3, -0.25) is 4.79 Å². The van der Waals surface area contributed by atoms with Gasteiger partial charge in [-0.15, -0.1) is 0 Å². The number of methoxy groups -OCH3 is 1. The van der Waals surface area contributed by atoms with E-state index in [0.29, 0.717) is 25.2 Å². The summed E-state index contributed by atoms with van der Waals surface area (Å²) in [5.74, 6) is 2.75. The lowest BCUT2D eigenvalue weighted by molar-refractivity contribution is 0.0767. The number of anilines is 1. The zero-order chi connectivity index (χ0) is 25.1. The number of aromatic nitrogens is 4. The molecule has 5 rings (SSSR count). The lowest BCUT2D eigenvalue weighted by atomic mass is 10.1. The van der Waals surface area contributed by atoms with E-state index < -0.39 is 0 Å². The largest absolute Gasteiger partial charge is 0.497 e. The number of hydrogen-bond donors (Lipinski definition) is 0. The number of para-hydroxylation sites is 1. The predicted octanol–water partition coefficient (Wildman–Crippen LogP) is 4.69. The van der Waals surface area contributed by atoms with E-state index in [2.05, 4.69) is 23.8 Å². The minimum absolute atomic E-state index is 0.0459. The SMILES string of the molecule is CCC(C)c1nc(N2CCCN(C(=O)c3ccc(OC)cc3)CC2)c2cnn(-c3ccccc3)c2n1. The number of fused-ring (bicyclic) bond motifs is 1. The molecule has 0 bridgehead atoms. The maximum absolute atomic E-state index is 13.2. The molecule has 1 aliphatic heterocycles. The molecule has 0 aliphatic carbocycles. The summed E-state index contributed by atoms with van der Waals surface area (Å²) >= 11 is 0. The highest BCUT2D eigenvalue weighted by molar-refractivity contribution is 5.94. The van der Waals surface area contributed by atoms with Gasteiger partial charge in [0.15, 0.2) is 5.65 Å². The molecular weight excluding hydrogens is 452 g/mol.